The maximum Gasteiger partial charge on any atom is 0.0751 e. The number of hydrogen-bond acceptors (Lipinski definition) is 3. The first kappa shape index (κ1) is 34.6. The number of benzene rings is 3. The van der Waals surface area contributed by atoms with Crippen molar-refractivity contribution in [1.82, 2.24) is 4.98 Å². The maximum absolute atomic E-state index is 5.59. The van der Waals surface area contributed by atoms with E-state index in [1.807, 2.05) is 0 Å². The van der Waals surface area contributed by atoms with Crippen LogP contribution >= 0.6 is 0 Å². The van der Waals surface area contributed by atoms with E-state index in [4.69, 9.17) is 4.98 Å². The molecule has 12 rings (SSSR count). The van der Waals surface area contributed by atoms with Crippen molar-refractivity contribution in [3.63, 3.8) is 0 Å². The first-order valence-corrected chi connectivity index (χ1v) is 21.6. The number of allylic oxidation sites excluding steroid dienone is 15. The largest absolute Gasteiger partial charge is 0.356 e. The molecule has 0 N–H and O–H groups in total. The zero-order chi connectivity index (χ0) is 38.9. The first-order chi connectivity index (χ1) is 29.3. The lowest BCUT2D eigenvalue weighted by molar-refractivity contribution is 0.464. The van der Waals surface area contributed by atoms with Gasteiger partial charge in [0.15, 0.2) is 0 Å². The summed E-state index contributed by atoms with van der Waals surface area (Å²) >= 11 is 0. The average molecular weight is 762 g/mol. The molecular weight excluding hydrogens is 715 g/mol. The van der Waals surface area contributed by atoms with Crippen molar-refractivity contribution in [3.8, 4) is 11.3 Å². The third kappa shape index (κ3) is 5.23. The van der Waals surface area contributed by atoms with Gasteiger partial charge in [0.1, 0.15) is 0 Å². The van der Waals surface area contributed by atoms with Crippen molar-refractivity contribution in [2.45, 2.75) is 48.7 Å². The van der Waals surface area contributed by atoms with Gasteiger partial charge in [-0.1, -0.05) is 170 Å². The number of rotatable bonds is 6. The molecule has 1 aromatic heterocycles. The maximum atomic E-state index is 5.59. The van der Waals surface area contributed by atoms with E-state index in [-0.39, 0.29) is 41.8 Å². The number of fused-ring (bicyclic) bond motifs is 12. The summed E-state index contributed by atoms with van der Waals surface area (Å²) in [6.07, 6.45) is 52.0. The summed E-state index contributed by atoms with van der Waals surface area (Å²) in [7, 11) is 0. The van der Waals surface area contributed by atoms with Crippen molar-refractivity contribution < 1.29 is 0 Å². The highest BCUT2D eigenvalue weighted by Crippen LogP contribution is 2.66. The minimum atomic E-state index is -0.426. The third-order valence-electron chi connectivity index (χ3n) is 14.3. The summed E-state index contributed by atoms with van der Waals surface area (Å²) in [6, 6.07) is 30.7. The van der Waals surface area contributed by atoms with E-state index in [0.29, 0.717) is 0 Å². The number of hydrogen-bond donors (Lipinski definition) is 0. The summed E-state index contributed by atoms with van der Waals surface area (Å²) < 4.78 is 0. The van der Waals surface area contributed by atoms with E-state index in [0.717, 1.165) is 18.5 Å². The van der Waals surface area contributed by atoms with Gasteiger partial charge in [-0.2, -0.15) is 0 Å². The fraction of sp³-hybridized carbons (Fsp3) is 0.196. The number of nitrogens with zero attached hydrogens (tertiary/aromatic N) is 3. The Bertz CT molecular complexity index is 2710. The van der Waals surface area contributed by atoms with Gasteiger partial charge < -0.3 is 9.80 Å². The monoisotopic (exact) mass is 761 g/mol. The molecule has 0 bridgehead atoms. The quantitative estimate of drug-likeness (QED) is 0.182. The summed E-state index contributed by atoms with van der Waals surface area (Å²) in [5.74, 6) is 1.01. The molecular formula is C56H47N3. The highest BCUT2D eigenvalue weighted by Gasteiger charge is 2.58. The number of anilines is 3. The Morgan fingerprint density at radius 2 is 1.27 bits per heavy atom. The number of pyridine rings is 1. The Hall–Kier alpha value is -6.45. The molecule has 286 valence electrons. The van der Waals surface area contributed by atoms with E-state index < -0.39 is 5.41 Å². The van der Waals surface area contributed by atoms with Crippen LogP contribution in [0.25, 0.3) is 11.3 Å². The van der Waals surface area contributed by atoms with Crippen LogP contribution in [0.2, 0.25) is 0 Å². The van der Waals surface area contributed by atoms with Gasteiger partial charge in [0, 0.05) is 46.7 Å². The lowest BCUT2D eigenvalue weighted by Crippen LogP contribution is -2.47. The fourth-order valence-corrected chi connectivity index (χ4v) is 11.9. The van der Waals surface area contributed by atoms with Crippen LogP contribution in [-0.4, -0.2) is 23.1 Å². The molecule has 1 heterocycles. The second kappa shape index (κ2) is 13.8. The van der Waals surface area contributed by atoms with Crippen LogP contribution in [0.3, 0.4) is 0 Å². The molecule has 8 aliphatic rings. The highest BCUT2D eigenvalue weighted by molar-refractivity contribution is 5.87. The van der Waals surface area contributed by atoms with Crippen LogP contribution in [0.5, 0.6) is 0 Å². The van der Waals surface area contributed by atoms with Crippen molar-refractivity contribution in [3.05, 3.63) is 240 Å². The summed E-state index contributed by atoms with van der Waals surface area (Å²) in [5, 5.41) is 0. The smallest absolute Gasteiger partial charge is 0.0751 e. The Morgan fingerprint density at radius 1 is 0.559 bits per heavy atom. The third-order valence-corrected chi connectivity index (χ3v) is 14.3. The molecule has 4 aromatic rings. The Morgan fingerprint density at radius 3 is 2.08 bits per heavy atom. The van der Waals surface area contributed by atoms with Gasteiger partial charge in [-0.05, 0) is 83.0 Å². The predicted molar refractivity (Wildman–Crippen MR) is 244 cm³/mol. The average Bonchev–Trinajstić information content (AvgIpc) is 3.77. The lowest BCUT2D eigenvalue weighted by Gasteiger charge is -2.44. The Kier molecular flexibility index (Phi) is 8.11. The van der Waals surface area contributed by atoms with Gasteiger partial charge in [0.25, 0.3) is 0 Å². The van der Waals surface area contributed by atoms with Gasteiger partial charge >= 0.3 is 0 Å². The molecule has 1 spiro atoms. The summed E-state index contributed by atoms with van der Waals surface area (Å²) in [5.41, 5.74) is 13.8. The van der Waals surface area contributed by atoms with Crippen LogP contribution in [0.4, 0.5) is 17.1 Å². The molecule has 0 amide bonds. The second-order valence-electron chi connectivity index (χ2n) is 17.2. The van der Waals surface area contributed by atoms with Crippen LogP contribution < -0.4 is 9.80 Å². The molecule has 8 aliphatic carbocycles. The molecule has 0 fully saturated rings. The lowest BCUT2D eigenvalue weighted by atomic mass is 9.65. The van der Waals surface area contributed by atoms with E-state index in [1.54, 1.807) is 0 Å². The topological polar surface area (TPSA) is 19.4 Å². The molecule has 3 nitrogen and oxygen atoms in total. The summed E-state index contributed by atoms with van der Waals surface area (Å²) in [4.78, 5) is 10.9. The van der Waals surface area contributed by atoms with Crippen molar-refractivity contribution in [1.29, 1.82) is 0 Å². The molecule has 0 radical (unpaired) electrons. The SMILES string of the molecule is C1=CC2=CC=CC(N(c3ccccc3)c3ccc4c(c3)C3(c5ccccc5C5C=CC=CC53)c3cc(N(C5C=CCCC5)C5C=CC=C6C=CC=CC65)cnc3-4)C2C=C1. The predicted octanol–water partition coefficient (Wildman–Crippen LogP) is 12.5. The molecule has 59 heavy (non-hydrogen) atoms. The van der Waals surface area contributed by atoms with Crippen molar-refractivity contribution >= 4 is 17.1 Å². The standard InChI is InChI=1S/C56H47N3/c1-3-21-40(22-4-1)58(53-31-15-19-38-17-7-9-25-44(38)53)42-33-34-48-51(35-42)56(49-29-13-11-27-46(49)47-28-12-14-30-50(47)56)52-36-43(37-57-55(48)52)59(41-23-5-2-6-24-41)54-32-16-20-39-18-8-10-26-45(39)54/h1,3-5,7-23,25-37,41,44-46,49,53-54H,2,6,24H2. The van der Waals surface area contributed by atoms with Crippen molar-refractivity contribution in [2.24, 2.45) is 17.8 Å². The summed E-state index contributed by atoms with van der Waals surface area (Å²) in [6.45, 7) is 0. The van der Waals surface area contributed by atoms with Gasteiger partial charge in [-0.15, -0.1) is 0 Å². The van der Waals surface area contributed by atoms with E-state index in [2.05, 4.69) is 216 Å². The zero-order valence-corrected chi connectivity index (χ0v) is 33.1. The molecule has 0 aliphatic heterocycles. The van der Waals surface area contributed by atoms with E-state index in [9.17, 15) is 0 Å². The molecule has 0 saturated heterocycles. The highest BCUT2D eigenvalue weighted by atomic mass is 15.2. The Labute approximate surface area is 348 Å². The van der Waals surface area contributed by atoms with E-state index >= 15 is 0 Å². The molecule has 8 unspecified atom stereocenters. The van der Waals surface area contributed by atoms with E-state index in [1.165, 1.54) is 62.4 Å². The minimum absolute atomic E-state index is 0.116. The number of para-hydroxylation sites is 1. The number of aromatic nitrogens is 1. The van der Waals surface area contributed by atoms with Gasteiger partial charge in [0.05, 0.1) is 35.1 Å². The van der Waals surface area contributed by atoms with Crippen LogP contribution in [0.15, 0.2) is 218 Å². The second-order valence-corrected chi connectivity index (χ2v) is 17.2. The molecule has 0 saturated carbocycles. The molecule has 3 aromatic carbocycles. The van der Waals surface area contributed by atoms with Gasteiger partial charge in [-0.3, -0.25) is 4.98 Å². The Balaban J connectivity index is 1.07. The molecule has 8 atom stereocenters. The van der Waals surface area contributed by atoms with Crippen LogP contribution in [0, 0.1) is 17.8 Å². The van der Waals surface area contributed by atoms with Crippen LogP contribution in [0.1, 0.15) is 47.4 Å². The first-order valence-electron chi connectivity index (χ1n) is 21.6. The van der Waals surface area contributed by atoms with Gasteiger partial charge in [-0.25, -0.2) is 0 Å². The normalized spacial score (nSPS) is 29.3. The van der Waals surface area contributed by atoms with Crippen LogP contribution in [-0.2, 0) is 5.41 Å². The zero-order valence-electron chi connectivity index (χ0n) is 33.1. The fourth-order valence-electron chi connectivity index (χ4n) is 11.9. The molecule has 3 heteroatoms. The minimum Gasteiger partial charge on any atom is -0.356 e. The van der Waals surface area contributed by atoms with Gasteiger partial charge in [0.2, 0.25) is 0 Å². The van der Waals surface area contributed by atoms with Crippen molar-refractivity contribution in [2.75, 3.05) is 9.80 Å².